The van der Waals surface area contributed by atoms with Crippen molar-refractivity contribution in [2.24, 2.45) is 23.1 Å². The molecule has 0 bridgehead atoms. The minimum absolute atomic E-state index is 0.0664. The molecule has 20 N–H and O–H groups in total. The molecule has 1 aromatic carbocycles. The van der Waals surface area contributed by atoms with E-state index < -0.39 is 188 Å². The Morgan fingerprint density at radius 1 is 0.613 bits per heavy atom. The van der Waals surface area contributed by atoms with Gasteiger partial charge in [-0.3, -0.25) is 62.3 Å². The lowest BCUT2D eigenvalue weighted by Gasteiger charge is -2.31. The first-order chi connectivity index (χ1) is 37.4. The van der Waals surface area contributed by atoms with E-state index in [0.29, 0.717) is 16.5 Å². The van der Waals surface area contributed by atoms with Gasteiger partial charge in [0, 0.05) is 30.1 Å². The van der Waals surface area contributed by atoms with Crippen LogP contribution in [0.25, 0.3) is 10.9 Å². The van der Waals surface area contributed by atoms with Crippen molar-refractivity contribution >= 4 is 93.8 Å². The van der Waals surface area contributed by atoms with Gasteiger partial charge in [0.15, 0.2) is 6.04 Å². The summed E-state index contributed by atoms with van der Waals surface area (Å²) in [5.41, 5.74) is 17.3. The highest BCUT2D eigenvalue weighted by Crippen LogP contribution is 2.22. The molecule has 1 aromatic heterocycles. The Hall–Kier alpha value is -8.78. The van der Waals surface area contributed by atoms with E-state index in [1.54, 1.807) is 38.1 Å². The Morgan fingerprint density at radius 3 is 1.60 bits per heavy atom. The van der Waals surface area contributed by atoms with Crippen LogP contribution in [0.1, 0.15) is 78.2 Å². The van der Waals surface area contributed by atoms with Gasteiger partial charge in [0.2, 0.25) is 65.0 Å². The van der Waals surface area contributed by atoms with Crippen molar-refractivity contribution < 1.29 is 92.7 Å². The van der Waals surface area contributed by atoms with Gasteiger partial charge in [-0.25, -0.2) is 4.79 Å². The number of nitrogens with one attached hydrogen (secondary N) is 9. The van der Waals surface area contributed by atoms with E-state index in [9.17, 15) is 92.7 Å². The van der Waals surface area contributed by atoms with E-state index in [1.807, 2.05) is 10.6 Å². The first kappa shape index (κ1) is 65.5. The molecule has 0 unspecified atom stereocenters. The molecule has 2 aromatic rings. The summed E-state index contributed by atoms with van der Waals surface area (Å²) in [6.45, 7) is 4.62. The second-order valence-corrected chi connectivity index (χ2v) is 19.4. The number of carbonyl (C=O) groups is 14. The fraction of sp³-hybridized carbons (Fsp3) is 0.542. The number of rotatable bonds is 32. The van der Waals surface area contributed by atoms with Crippen molar-refractivity contribution in [3.8, 4) is 0 Å². The van der Waals surface area contributed by atoms with E-state index in [-0.39, 0.29) is 31.7 Å². The van der Waals surface area contributed by atoms with Crippen molar-refractivity contribution in [1.29, 1.82) is 0 Å². The average molecular weight is 1130 g/mol. The minimum atomic E-state index is -2.08. The number of aliphatic carboxylic acids is 3. The maximum atomic E-state index is 14.3. The number of amides is 11. The smallest absolute Gasteiger partial charge is 0.328 e. The zero-order valence-electron chi connectivity index (χ0n) is 44.0. The first-order valence-corrected chi connectivity index (χ1v) is 25.0. The second-order valence-electron chi connectivity index (χ2n) is 19.4. The number of para-hydroxylation sites is 1. The molecule has 11 amide bonds. The quantitative estimate of drug-likeness (QED) is 0.0324. The monoisotopic (exact) mass is 1130 g/mol. The van der Waals surface area contributed by atoms with Gasteiger partial charge in [0.1, 0.15) is 48.3 Å². The Bertz CT molecular complexity index is 2660. The van der Waals surface area contributed by atoms with Crippen LogP contribution in [0.15, 0.2) is 30.5 Å². The van der Waals surface area contributed by atoms with Gasteiger partial charge in [-0.2, -0.15) is 0 Å². The summed E-state index contributed by atoms with van der Waals surface area (Å²) < 4.78 is 0. The van der Waals surface area contributed by atoms with E-state index in [4.69, 9.17) is 17.2 Å². The first-order valence-electron chi connectivity index (χ1n) is 25.0. The Labute approximate surface area is 455 Å². The number of aromatic nitrogens is 1. The number of H-pyrrole nitrogens is 1. The highest BCUT2D eigenvalue weighted by atomic mass is 16.4. The number of benzene rings is 1. The molecule has 1 fully saturated rings. The maximum absolute atomic E-state index is 14.3. The molecule has 0 spiro atoms. The molecule has 32 nitrogen and oxygen atoms in total. The van der Waals surface area contributed by atoms with Gasteiger partial charge in [-0.05, 0) is 50.7 Å². The predicted octanol–water partition coefficient (Wildman–Crippen LogP) is -6.87. The number of hydrogen-bond donors (Lipinski definition) is 17. The molecular formula is C48H69N13O19. The molecule has 1 saturated heterocycles. The molecule has 11 atom stereocenters. The fourth-order valence-electron chi connectivity index (χ4n) is 8.28. The zero-order chi connectivity index (χ0) is 60.3. The summed E-state index contributed by atoms with van der Waals surface area (Å²) in [7, 11) is 0. The maximum Gasteiger partial charge on any atom is 0.328 e. The van der Waals surface area contributed by atoms with Crippen LogP contribution in [-0.4, -0.2) is 198 Å². The number of carbonyl (C=O) groups excluding carboxylic acids is 11. The third kappa shape index (κ3) is 19.9. The molecule has 1 aliphatic rings. The molecule has 440 valence electrons. The van der Waals surface area contributed by atoms with Crippen molar-refractivity contribution in [2.75, 3.05) is 13.2 Å². The Morgan fingerprint density at radius 2 is 1.07 bits per heavy atom. The number of primary amides is 2. The summed E-state index contributed by atoms with van der Waals surface area (Å²) in [5.74, 6) is -18.1. The predicted molar refractivity (Wildman–Crippen MR) is 274 cm³/mol. The zero-order valence-corrected chi connectivity index (χ0v) is 44.0. The van der Waals surface area contributed by atoms with E-state index in [2.05, 4.69) is 36.9 Å². The van der Waals surface area contributed by atoms with E-state index in [0.717, 1.165) is 11.8 Å². The number of aliphatic hydroxyl groups is 2. The summed E-state index contributed by atoms with van der Waals surface area (Å²) in [4.78, 5) is 187. The topological polar surface area (TPSA) is 533 Å². The normalized spacial score (nSPS) is 16.8. The molecule has 32 heteroatoms. The highest BCUT2D eigenvalue weighted by molar-refractivity contribution is 6.01. The fourth-order valence-corrected chi connectivity index (χ4v) is 8.28. The molecule has 1 aliphatic heterocycles. The number of aliphatic hydroxyl groups excluding tert-OH is 2. The van der Waals surface area contributed by atoms with Crippen LogP contribution in [0.5, 0.6) is 0 Å². The lowest BCUT2D eigenvalue weighted by Crippen LogP contribution is -2.61. The van der Waals surface area contributed by atoms with Crippen LogP contribution in [0.2, 0.25) is 0 Å². The number of carboxylic acid groups (broad SMARTS) is 3. The summed E-state index contributed by atoms with van der Waals surface area (Å²) >= 11 is 0. The van der Waals surface area contributed by atoms with Crippen LogP contribution in [0.3, 0.4) is 0 Å². The minimum Gasteiger partial charge on any atom is -0.481 e. The van der Waals surface area contributed by atoms with Gasteiger partial charge in [0.25, 0.3) is 0 Å². The number of likely N-dealkylation sites (tertiary alicyclic amines) is 1. The number of nitrogens with two attached hydrogens (primary N) is 3. The molecule has 3 rings (SSSR count). The van der Waals surface area contributed by atoms with Crippen LogP contribution in [-0.2, 0) is 73.5 Å². The van der Waals surface area contributed by atoms with Crippen molar-refractivity contribution in [3.63, 3.8) is 0 Å². The molecule has 0 aliphatic carbocycles. The number of carboxylic acids is 3. The SMILES string of the molecule is CC(C)C[C@H](NC(=O)[C@H](CO)NC(=O)[C@H](C)N)C(=O)N[C@@H](CC(N)=O)C(=O)N1CCC[C@H]1C(=O)N[C@@H](CC(=O)O)C(=O)N[C@@H](Cc1c[nH]c2ccccc12)C(=O)N[C@@H](CC(N)=O)C(=O)N[C@@H](CC(=O)O)C(=O)N[C@H](C(=O)O)[C@@H](C)O. The second kappa shape index (κ2) is 30.4. The Balaban J connectivity index is 1.95. The van der Waals surface area contributed by atoms with Crippen molar-refractivity contribution in [1.82, 2.24) is 52.4 Å². The number of hydrogen-bond acceptors (Lipinski definition) is 17. The van der Waals surface area contributed by atoms with Crippen molar-refractivity contribution in [2.45, 2.75) is 146 Å². The van der Waals surface area contributed by atoms with Gasteiger partial charge >= 0.3 is 17.9 Å². The molecule has 80 heavy (non-hydrogen) atoms. The van der Waals surface area contributed by atoms with Crippen LogP contribution in [0.4, 0.5) is 0 Å². The molecule has 2 heterocycles. The van der Waals surface area contributed by atoms with Crippen LogP contribution < -0.4 is 59.7 Å². The van der Waals surface area contributed by atoms with Gasteiger partial charge in [0.05, 0.1) is 44.4 Å². The average Bonchev–Trinajstić information content (AvgIpc) is 4.02. The standard InChI is InChI=1S/C48H69N13O19/c1-20(2)12-26(53-45(76)32(19-62)59-39(70)21(3)49)40(71)58-31(15-35(51)65)47(78)61-11-7-10-33(61)46(77)57-29(16-36(66)67)43(74)54-27(13-23-18-52-25-9-6-5-8-24(23)25)41(72)55-28(14-34(50)64)42(73)56-30(17-37(68)69)44(75)60-38(22(4)63)48(79)80/h5-6,8-9,18,20-22,26-33,38,52,62-63H,7,10-17,19,49H2,1-4H3,(H2,50,64)(H2,51,65)(H,53,76)(H,54,74)(H,55,72)(H,56,73)(H,57,77)(H,58,71)(H,59,70)(H,60,75)(H,66,67)(H,68,69)(H,79,80)/t21-,22+,26-,27-,28-,29-,30-,31-,32-,33-,38-/m0/s1. The largest absolute Gasteiger partial charge is 0.481 e. The van der Waals surface area contributed by atoms with Crippen LogP contribution in [0, 0.1) is 5.92 Å². The highest BCUT2D eigenvalue weighted by Gasteiger charge is 2.42. The summed E-state index contributed by atoms with van der Waals surface area (Å²) in [6.07, 6.45) is -4.94. The number of fused-ring (bicyclic) bond motifs is 1. The molecule has 0 radical (unpaired) electrons. The van der Waals surface area contributed by atoms with Gasteiger partial charge < -0.3 is 95.2 Å². The lowest BCUT2D eigenvalue weighted by molar-refractivity contribution is -0.146. The van der Waals surface area contributed by atoms with E-state index in [1.165, 1.54) is 13.1 Å². The summed E-state index contributed by atoms with van der Waals surface area (Å²) in [5, 5.41) is 66.7. The van der Waals surface area contributed by atoms with E-state index >= 15 is 0 Å². The van der Waals surface area contributed by atoms with Crippen molar-refractivity contribution in [3.05, 3.63) is 36.0 Å². The molecule has 0 saturated carbocycles. The van der Waals surface area contributed by atoms with Gasteiger partial charge in [-0.1, -0.05) is 32.0 Å². The lowest BCUT2D eigenvalue weighted by atomic mass is 10.0. The Kier molecular flexibility index (Phi) is 24.9. The summed E-state index contributed by atoms with van der Waals surface area (Å²) in [6, 6.07) is -10.7. The third-order valence-corrected chi connectivity index (χ3v) is 12.3. The van der Waals surface area contributed by atoms with Crippen LogP contribution >= 0.6 is 0 Å². The molecular weight excluding hydrogens is 1060 g/mol. The third-order valence-electron chi connectivity index (χ3n) is 12.3. The number of aromatic amines is 1. The van der Waals surface area contributed by atoms with Gasteiger partial charge in [-0.15, -0.1) is 0 Å². The number of nitrogens with zero attached hydrogens (tertiary/aromatic N) is 1.